The van der Waals surface area contributed by atoms with Crippen LogP contribution in [-0.2, 0) is 0 Å². The molecule has 3 atom stereocenters. The number of piperidine rings is 1. The lowest BCUT2D eigenvalue weighted by atomic mass is 9.97. The van der Waals surface area contributed by atoms with E-state index in [1.165, 1.54) is 0 Å². The highest BCUT2D eigenvalue weighted by Crippen LogP contribution is 2.22. The molecule has 0 unspecified atom stereocenters. The Hall–Kier alpha value is -1.07. The molecular formula is C10H15FN4. The van der Waals surface area contributed by atoms with Crippen molar-refractivity contribution in [2.45, 2.75) is 31.6 Å². The van der Waals surface area contributed by atoms with E-state index in [1.54, 1.807) is 12.4 Å². The number of hydrogen-bond donors (Lipinski definition) is 2. The second kappa shape index (κ2) is 4.20. The van der Waals surface area contributed by atoms with E-state index >= 15 is 0 Å². The van der Waals surface area contributed by atoms with E-state index in [4.69, 9.17) is 5.73 Å². The molecule has 0 aliphatic carbocycles. The normalized spacial score (nSPS) is 31.5. The van der Waals surface area contributed by atoms with Crippen LogP contribution in [0.25, 0.3) is 0 Å². The number of aromatic nitrogens is 2. The van der Waals surface area contributed by atoms with Crippen LogP contribution in [0.1, 0.15) is 23.9 Å². The molecule has 82 valence electrons. The molecule has 3 N–H and O–H groups in total. The Morgan fingerprint density at radius 1 is 1.47 bits per heavy atom. The number of nitrogens with two attached hydrogens (primary N) is 1. The van der Waals surface area contributed by atoms with Gasteiger partial charge >= 0.3 is 0 Å². The molecule has 4 nitrogen and oxygen atoms in total. The molecule has 2 heterocycles. The first kappa shape index (κ1) is 10.4. The maximum Gasteiger partial charge on any atom is 0.118 e. The Kier molecular flexibility index (Phi) is 2.93. The molecule has 1 aromatic rings. The Morgan fingerprint density at radius 3 is 2.87 bits per heavy atom. The number of nitrogens with zero attached hydrogens (tertiary/aromatic N) is 2. The fourth-order valence-corrected chi connectivity index (χ4v) is 1.70. The van der Waals surface area contributed by atoms with Crippen LogP contribution in [0.5, 0.6) is 0 Å². The van der Waals surface area contributed by atoms with E-state index in [2.05, 4.69) is 15.3 Å². The lowest BCUT2D eigenvalue weighted by Gasteiger charge is -2.30. The van der Waals surface area contributed by atoms with Gasteiger partial charge in [0, 0.05) is 25.2 Å². The average Bonchev–Trinajstić information content (AvgIpc) is 2.23. The molecule has 1 aliphatic rings. The second-order valence-corrected chi connectivity index (χ2v) is 3.96. The summed E-state index contributed by atoms with van der Waals surface area (Å²) in [6, 6.07) is -0.465. The smallest absolute Gasteiger partial charge is 0.118 e. The number of aryl methyl sites for hydroxylation is 1. The van der Waals surface area contributed by atoms with Crippen LogP contribution in [0.3, 0.4) is 0 Å². The number of alkyl halides is 1. The number of halogens is 1. The minimum Gasteiger partial charge on any atom is -0.324 e. The van der Waals surface area contributed by atoms with Gasteiger partial charge in [-0.05, 0) is 6.92 Å². The third-order valence-corrected chi connectivity index (χ3v) is 2.68. The predicted molar refractivity (Wildman–Crippen MR) is 55.0 cm³/mol. The number of hydrogen-bond acceptors (Lipinski definition) is 4. The van der Waals surface area contributed by atoms with Crippen LogP contribution >= 0.6 is 0 Å². The van der Waals surface area contributed by atoms with Gasteiger partial charge in [-0.2, -0.15) is 0 Å². The van der Waals surface area contributed by atoms with Crippen molar-refractivity contribution in [3.05, 3.63) is 23.8 Å². The van der Waals surface area contributed by atoms with Crippen LogP contribution in [-0.4, -0.2) is 28.7 Å². The molecule has 0 radical (unpaired) electrons. The summed E-state index contributed by atoms with van der Waals surface area (Å²) in [7, 11) is 0. The van der Waals surface area contributed by atoms with Crippen LogP contribution in [0, 0.1) is 6.92 Å². The van der Waals surface area contributed by atoms with Crippen molar-refractivity contribution in [1.29, 1.82) is 0 Å². The summed E-state index contributed by atoms with van der Waals surface area (Å²) < 4.78 is 13.4. The van der Waals surface area contributed by atoms with Gasteiger partial charge in [-0.3, -0.25) is 9.97 Å². The number of nitrogens with one attached hydrogen (secondary N) is 1. The van der Waals surface area contributed by atoms with Crippen LogP contribution < -0.4 is 11.1 Å². The van der Waals surface area contributed by atoms with Crippen molar-refractivity contribution in [2.75, 3.05) is 6.54 Å². The standard InChI is InChI=1S/C10H15FN4/c1-6-3-14-10(5-13-6)9-2-7(11)8(12)4-15-9/h3,5,7-9,15H,2,4,12H2,1H3/t7-,8-,9-/m0/s1. The fraction of sp³-hybridized carbons (Fsp3) is 0.600. The topological polar surface area (TPSA) is 63.8 Å². The summed E-state index contributed by atoms with van der Waals surface area (Å²) in [5.74, 6) is 0. The van der Waals surface area contributed by atoms with Crippen LogP contribution in [0.2, 0.25) is 0 Å². The van der Waals surface area contributed by atoms with Gasteiger partial charge in [0.2, 0.25) is 0 Å². The Morgan fingerprint density at radius 2 is 2.27 bits per heavy atom. The summed E-state index contributed by atoms with van der Waals surface area (Å²) in [6.07, 6.45) is 2.80. The second-order valence-electron chi connectivity index (χ2n) is 3.96. The van der Waals surface area contributed by atoms with Gasteiger partial charge in [-0.15, -0.1) is 0 Å². The maximum atomic E-state index is 13.4. The van der Waals surface area contributed by atoms with Crippen molar-refractivity contribution in [3.8, 4) is 0 Å². The monoisotopic (exact) mass is 210 g/mol. The quantitative estimate of drug-likeness (QED) is 0.708. The van der Waals surface area contributed by atoms with Gasteiger partial charge < -0.3 is 11.1 Å². The summed E-state index contributed by atoms with van der Waals surface area (Å²) in [5.41, 5.74) is 7.22. The van der Waals surface area contributed by atoms with E-state index in [-0.39, 0.29) is 6.04 Å². The van der Waals surface area contributed by atoms with E-state index in [1.807, 2.05) is 6.92 Å². The van der Waals surface area contributed by atoms with E-state index in [0.29, 0.717) is 13.0 Å². The molecule has 0 amide bonds. The molecular weight excluding hydrogens is 195 g/mol. The van der Waals surface area contributed by atoms with Gasteiger partial charge in [0.25, 0.3) is 0 Å². The van der Waals surface area contributed by atoms with Crippen molar-refractivity contribution < 1.29 is 4.39 Å². The zero-order valence-corrected chi connectivity index (χ0v) is 8.65. The first-order valence-electron chi connectivity index (χ1n) is 5.08. The summed E-state index contributed by atoms with van der Waals surface area (Å²) in [6.45, 7) is 2.36. The molecule has 0 spiro atoms. The molecule has 1 saturated heterocycles. The molecule has 2 rings (SSSR count). The molecule has 15 heavy (non-hydrogen) atoms. The first-order valence-corrected chi connectivity index (χ1v) is 5.08. The van der Waals surface area contributed by atoms with Gasteiger partial charge in [-0.25, -0.2) is 4.39 Å². The van der Waals surface area contributed by atoms with Crippen LogP contribution in [0.15, 0.2) is 12.4 Å². The minimum atomic E-state index is -0.959. The van der Waals surface area contributed by atoms with Gasteiger partial charge in [0.1, 0.15) is 6.17 Å². The predicted octanol–water partition coefficient (Wildman–Crippen LogP) is 0.485. The third kappa shape index (κ3) is 2.30. The Balaban J connectivity index is 2.08. The molecule has 0 aromatic carbocycles. The lowest BCUT2D eigenvalue weighted by molar-refractivity contribution is 0.193. The zero-order valence-electron chi connectivity index (χ0n) is 8.65. The van der Waals surface area contributed by atoms with E-state index < -0.39 is 12.2 Å². The van der Waals surface area contributed by atoms with E-state index in [0.717, 1.165) is 11.4 Å². The van der Waals surface area contributed by atoms with E-state index in [9.17, 15) is 4.39 Å². The fourth-order valence-electron chi connectivity index (χ4n) is 1.70. The van der Waals surface area contributed by atoms with Crippen LogP contribution in [0.4, 0.5) is 4.39 Å². The highest BCUT2D eigenvalue weighted by atomic mass is 19.1. The zero-order chi connectivity index (χ0) is 10.8. The Labute approximate surface area is 88.1 Å². The minimum absolute atomic E-state index is 0.0621. The number of rotatable bonds is 1. The van der Waals surface area contributed by atoms with Crippen molar-refractivity contribution >= 4 is 0 Å². The summed E-state index contributed by atoms with van der Waals surface area (Å²) >= 11 is 0. The molecule has 0 saturated carbocycles. The SMILES string of the molecule is Cc1cnc([C@@H]2C[C@H](F)[C@@H](N)CN2)cn1. The summed E-state index contributed by atoms with van der Waals surface area (Å²) in [4.78, 5) is 8.37. The summed E-state index contributed by atoms with van der Waals surface area (Å²) in [5, 5.41) is 3.17. The third-order valence-electron chi connectivity index (χ3n) is 2.68. The molecule has 1 fully saturated rings. The van der Waals surface area contributed by atoms with Crippen molar-refractivity contribution in [2.24, 2.45) is 5.73 Å². The highest BCUT2D eigenvalue weighted by Gasteiger charge is 2.29. The maximum absolute atomic E-state index is 13.4. The molecule has 1 aromatic heterocycles. The van der Waals surface area contributed by atoms with Crippen molar-refractivity contribution in [1.82, 2.24) is 15.3 Å². The first-order chi connectivity index (χ1) is 7.16. The van der Waals surface area contributed by atoms with Gasteiger partial charge in [0.15, 0.2) is 0 Å². The molecule has 1 aliphatic heterocycles. The van der Waals surface area contributed by atoms with Gasteiger partial charge in [0.05, 0.1) is 23.6 Å². The highest BCUT2D eigenvalue weighted by molar-refractivity contribution is 5.08. The largest absolute Gasteiger partial charge is 0.324 e. The average molecular weight is 210 g/mol. The Bertz CT molecular complexity index is 327. The van der Waals surface area contributed by atoms with Crippen molar-refractivity contribution in [3.63, 3.8) is 0 Å². The molecule has 0 bridgehead atoms. The van der Waals surface area contributed by atoms with Gasteiger partial charge in [-0.1, -0.05) is 0 Å². The lowest BCUT2D eigenvalue weighted by Crippen LogP contribution is -2.48. The molecule has 5 heteroatoms.